The fourth-order valence-corrected chi connectivity index (χ4v) is 3.27. The van der Waals surface area contributed by atoms with Crippen molar-refractivity contribution in [3.05, 3.63) is 18.0 Å². The number of nitrogens with zero attached hydrogens (tertiary/aromatic N) is 3. The summed E-state index contributed by atoms with van der Waals surface area (Å²) in [5.41, 5.74) is 6.93. The Kier molecular flexibility index (Phi) is 6.71. The van der Waals surface area contributed by atoms with Gasteiger partial charge in [-0.15, -0.1) is 0 Å². The monoisotopic (exact) mass is 292 g/mol. The van der Waals surface area contributed by atoms with Crippen molar-refractivity contribution in [1.82, 2.24) is 14.7 Å². The average Bonchev–Trinajstić information content (AvgIpc) is 2.77. The summed E-state index contributed by atoms with van der Waals surface area (Å²) in [5, 5.41) is 4.72. The van der Waals surface area contributed by atoms with Crippen molar-refractivity contribution >= 4 is 0 Å². The predicted molar refractivity (Wildman–Crippen MR) is 88.2 cm³/mol. The fraction of sp³-hybridized carbons (Fsp3) is 0.824. The van der Waals surface area contributed by atoms with Gasteiger partial charge >= 0.3 is 0 Å². The van der Waals surface area contributed by atoms with E-state index in [1.807, 2.05) is 0 Å². The molecule has 1 saturated carbocycles. The summed E-state index contributed by atoms with van der Waals surface area (Å²) < 4.78 is 2.06. The van der Waals surface area contributed by atoms with Gasteiger partial charge in [-0.25, -0.2) is 0 Å². The van der Waals surface area contributed by atoms with Gasteiger partial charge in [0.25, 0.3) is 0 Å². The van der Waals surface area contributed by atoms with E-state index in [1.165, 1.54) is 44.2 Å². The van der Waals surface area contributed by atoms with Gasteiger partial charge in [0.05, 0.1) is 5.69 Å². The summed E-state index contributed by atoms with van der Waals surface area (Å²) in [6.45, 7) is 7.21. The maximum Gasteiger partial charge on any atom is 0.0764 e. The van der Waals surface area contributed by atoms with Crippen LogP contribution >= 0.6 is 0 Å². The van der Waals surface area contributed by atoms with E-state index in [0.717, 1.165) is 32.1 Å². The molecule has 1 aromatic heterocycles. The summed E-state index contributed by atoms with van der Waals surface area (Å²) in [6, 6.07) is 3.34. The summed E-state index contributed by atoms with van der Waals surface area (Å²) in [7, 11) is 0. The number of hydrogen-bond acceptors (Lipinski definition) is 3. The maximum atomic E-state index is 5.73. The van der Waals surface area contributed by atoms with Gasteiger partial charge in [0.2, 0.25) is 0 Å². The molecular weight excluding hydrogens is 260 g/mol. The van der Waals surface area contributed by atoms with Crippen molar-refractivity contribution < 1.29 is 0 Å². The van der Waals surface area contributed by atoms with Crippen LogP contribution in [0.1, 0.15) is 70.5 Å². The summed E-state index contributed by atoms with van der Waals surface area (Å²) >= 11 is 0. The summed E-state index contributed by atoms with van der Waals surface area (Å²) in [6.07, 6.45) is 11.4. The third-order valence-corrected chi connectivity index (χ3v) is 4.55. The molecule has 1 heterocycles. The van der Waals surface area contributed by atoms with Crippen LogP contribution in [0.2, 0.25) is 0 Å². The molecule has 1 aliphatic rings. The smallest absolute Gasteiger partial charge is 0.0764 e. The van der Waals surface area contributed by atoms with Crippen LogP contribution < -0.4 is 5.73 Å². The van der Waals surface area contributed by atoms with Gasteiger partial charge in [-0.1, -0.05) is 25.7 Å². The highest BCUT2D eigenvalue weighted by Crippen LogP contribution is 2.23. The zero-order valence-electron chi connectivity index (χ0n) is 13.8. The second-order valence-electron chi connectivity index (χ2n) is 6.64. The molecule has 1 aromatic rings. The standard InChI is InChI=1S/C17H32N4/c1-15(2)21-13-10-16(19-21)14-20(12-7-11-18)17-8-5-3-4-6-9-17/h10,13,15,17H,3-9,11-12,14,18H2,1-2H3. The molecular formula is C17H32N4. The van der Waals surface area contributed by atoms with Gasteiger partial charge in [-0.2, -0.15) is 5.10 Å². The lowest BCUT2D eigenvalue weighted by Crippen LogP contribution is -2.36. The highest BCUT2D eigenvalue weighted by Gasteiger charge is 2.20. The number of aromatic nitrogens is 2. The van der Waals surface area contributed by atoms with Crippen molar-refractivity contribution in [3.63, 3.8) is 0 Å². The van der Waals surface area contributed by atoms with Crippen molar-refractivity contribution in [2.75, 3.05) is 13.1 Å². The first-order valence-electron chi connectivity index (χ1n) is 8.69. The van der Waals surface area contributed by atoms with Crippen LogP contribution in [0.15, 0.2) is 12.3 Å². The van der Waals surface area contributed by atoms with E-state index in [2.05, 4.69) is 35.7 Å². The van der Waals surface area contributed by atoms with Crippen molar-refractivity contribution in [1.29, 1.82) is 0 Å². The normalized spacial score (nSPS) is 17.6. The van der Waals surface area contributed by atoms with Crippen molar-refractivity contribution in [3.8, 4) is 0 Å². The third kappa shape index (κ3) is 5.11. The molecule has 0 bridgehead atoms. The zero-order chi connectivity index (χ0) is 15.1. The molecule has 1 aliphatic carbocycles. The van der Waals surface area contributed by atoms with E-state index < -0.39 is 0 Å². The van der Waals surface area contributed by atoms with Gasteiger partial charge in [-0.3, -0.25) is 9.58 Å². The molecule has 0 atom stereocenters. The first-order valence-corrected chi connectivity index (χ1v) is 8.69. The number of nitrogens with two attached hydrogens (primary N) is 1. The maximum absolute atomic E-state index is 5.73. The number of hydrogen-bond donors (Lipinski definition) is 1. The van der Waals surface area contributed by atoms with Crippen LogP contribution in [0, 0.1) is 0 Å². The van der Waals surface area contributed by atoms with Gasteiger partial charge in [0, 0.05) is 31.4 Å². The Labute approximate surface area is 129 Å². The van der Waals surface area contributed by atoms with E-state index in [9.17, 15) is 0 Å². The first kappa shape index (κ1) is 16.5. The Morgan fingerprint density at radius 1 is 1.29 bits per heavy atom. The first-order chi connectivity index (χ1) is 10.2. The van der Waals surface area contributed by atoms with E-state index >= 15 is 0 Å². The van der Waals surface area contributed by atoms with E-state index in [0.29, 0.717) is 6.04 Å². The minimum atomic E-state index is 0.439. The second-order valence-corrected chi connectivity index (χ2v) is 6.64. The largest absolute Gasteiger partial charge is 0.330 e. The lowest BCUT2D eigenvalue weighted by molar-refractivity contribution is 0.166. The molecule has 2 N–H and O–H groups in total. The SMILES string of the molecule is CC(C)n1ccc(CN(CCCN)C2CCCCCC2)n1. The van der Waals surface area contributed by atoms with E-state index in [4.69, 9.17) is 10.8 Å². The van der Waals surface area contributed by atoms with Crippen LogP contribution in [0.4, 0.5) is 0 Å². The summed E-state index contributed by atoms with van der Waals surface area (Å²) in [5.74, 6) is 0. The van der Waals surface area contributed by atoms with Gasteiger partial charge < -0.3 is 5.73 Å². The molecule has 0 amide bonds. The second kappa shape index (κ2) is 8.54. The lowest BCUT2D eigenvalue weighted by Gasteiger charge is -2.30. The van der Waals surface area contributed by atoms with Crippen LogP contribution in [-0.2, 0) is 6.54 Å². The minimum Gasteiger partial charge on any atom is -0.330 e. The van der Waals surface area contributed by atoms with Gasteiger partial charge in [0.15, 0.2) is 0 Å². The highest BCUT2D eigenvalue weighted by molar-refractivity contribution is 5.00. The molecule has 4 heteroatoms. The van der Waals surface area contributed by atoms with Crippen LogP contribution in [-0.4, -0.2) is 33.8 Å². The fourth-order valence-electron chi connectivity index (χ4n) is 3.27. The van der Waals surface area contributed by atoms with E-state index in [1.54, 1.807) is 0 Å². The van der Waals surface area contributed by atoms with Crippen LogP contribution in [0.25, 0.3) is 0 Å². The Balaban J connectivity index is 1.99. The molecule has 2 rings (SSSR count). The topological polar surface area (TPSA) is 47.1 Å². The molecule has 0 aliphatic heterocycles. The third-order valence-electron chi connectivity index (χ3n) is 4.55. The lowest BCUT2D eigenvalue weighted by atomic mass is 10.1. The quantitative estimate of drug-likeness (QED) is 0.784. The molecule has 1 fully saturated rings. The average molecular weight is 292 g/mol. The molecule has 0 unspecified atom stereocenters. The molecule has 21 heavy (non-hydrogen) atoms. The van der Waals surface area contributed by atoms with Crippen molar-refractivity contribution in [2.45, 2.75) is 77.4 Å². The molecule has 0 aromatic carbocycles. The molecule has 0 spiro atoms. The number of rotatable bonds is 7. The Morgan fingerprint density at radius 2 is 2.00 bits per heavy atom. The zero-order valence-corrected chi connectivity index (χ0v) is 13.8. The summed E-state index contributed by atoms with van der Waals surface area (Å²) in [4.78, 5) is 2.63. The Bertz CT molecular complexity index is 391. The van der Waals surface area contributed by atoms with E-state index in [-0.39, 0.29) is 0 Å². The molecule has 0 radical (unpaired) electrons. The van der Waals surface area contributed by atoms with Crippen molar-refractivity contribution in [2.24, 2.45) is 5.73 Å². The van der Waals surface area contributed by atoms with Crippen LogP contribution in [0.5, 0.6) is 0 Å². The highest BCUT2D eigenvalue weighted by atomic mass is 15.3. The molecule has 0 saturated heterocycles. The minimum absolute atomic E-state index is 0.439. The van der Waals surface area contributed by atoms with Gasteiger partial charge in [0.1, 0.15) is 0 Å². The molecule has 120 valence electrons. The Hall–Kier alpha value is -0.870. The van der Waals surface area contributed by atoms with Gasteiger partial charge in [-0.05, 0) is 45.7 Å². The molecule has 4 nitrogen and oxygen atoms in total. The Morgan fingerprint density at radius 3 is 2.57 bits per heavy atom. The predicted octanol–water partition coefficient (Wildman–Crippen LogP) is 3.34. The van der Waals surface area contributed by atoms with Crippen LogP contribution in [0.3, 0.4) is 0 Å².